The van der Waals surface area contributed by atoms with Crippen molar-refractivity contribution in [2.75, 3.05) is 0 Å². The molecule has 44 heavy (non-hydrogen) atoms. The van der Waals surface area contributed by atoms with Crippen LogP contribution in [0.1, 0.15) is 179 Å². The van der Waals surface area contributed by atoms with Crippen molar-refractivity contribution in [3.8, 4) is 0 Å². The van der Waals surface area contributed by atoms with Crippen molar-refractivity contribution in [3.63, 3.8) is 0 Å². The minimum absolute atomic E-state index is 0. The molecule has 0 spiro atoms. The Morgan fingerprint density at radius 3 is 0.682 bits per heavy atom. The summed E-state index contributed by atoms with van der Waals surface area (Å²) in [6, 6.07) is 0. The zero-order valence-electron chi connectivity index (χ0n) is 31.1. The van der Waals surface area contributed by atoms with Crippen molar-refractivity contribution in [2.45, 2.75) is 179 Å². The number of carboxylic acids is 3. The van der Waals surface area contributed by atoms with Crippen LogP contribution in [0.4, 0.5) is 0 Å². The van der Waals surface area contributed by atoms with Crippen molar-refractivity contribution in [1.82, 2.24) is 0 Å². The second-order valence-corrected chi connectivity index (χ2v) is 13.5. The standard InChI is InChI=1S/3C10H20O2.3C2H5.Al.Co/c3*1-10(2,3)8-6-4-5-7-9(11)12;3*1-2;;/h3*4-8H2,1-3H3,(H,11,12);3*1H2,2H3;;/q;;;3*-1;2*+3/p-3. The summed E-state index contributed by atoms with van der Waals surface area (Å²) in [6.07, 6.45) is 12.8. The van der Waals surface area contributed by atoms with E-state index in [0.717, 1.165) is 57.8 Å². The molecule has 8 heteroatoms. The molecule has 0 heterocycles. The molecule has 0 bridgehead atoms. The van der Waals surface area contributed by atoms with Gasteiger partial charge in [0.25, 0.3) is 0 Å². The first-order chi connectivity index (χ1) is 19.2. The number of hydrogen-bond acceptors (Lipinski definition) is 6. The van der Waals surface area contributed by atoms with Gasteiger partial charge in [0.1, 0.15) is 0 Å². The summed E-state index contributed by atoms with van der Waals surface area (Å²) in [5, 5.41) is 30.1. The molecule has 0 aromatic carbocycles. The summed E-state index contributed by atoms with van der Waals surface area (Å²) in [4.78, 5) is 30.1. The van der Waals surface area contributed by atoms with Crippen molar-refractivity contribution in [1.29, 1.82) is 0 Å². The third kappa shape index (κ3) is 96.9. The molecule has 0 saturated heterocycles. The normalized spacial score (nSPS) is 9.89. The van der Waals surface area contributed by atoms with E-state index in [0.29, 0.717) is 16.2 Å². The minimum Gasteiger partial charge on any atom is -0.550 e. The van der Waals surface area contributed by atoms with Gasteiger partial charge < -0.3 is 50.5 Å². The quantitative estimate of drug-likeness (QED) is 0.101. The molecule has 0 aliphatic rings. The summed E-state index contributed by atoms with van der Waals surface area (Å²) in [5.41, 5.74) is 1.13. The van der Waals surface area contributed by atoms with E-state index in [1.807, 2.05) is 0 Å². The van der Waals surface area contributed by atoms with E-state index in [-0.39, 0.29) is 53.4 Å². The molecule has 0 fully saturated rings. The van der Waals surface area contributed by atoms with Crippen LogP contribution in [0.3, 0.4) is 0 Å². The second kappa shape index (κ2) is 42.4. The Morgan fingerprint density at radius 1 is 0.409 bits per heavy atom. The molecular weight excluding hydrogens is 614 g/mol. The van der Waals surface area contributed by atoms with Gasteiger partial charge in [-0.1, -0.05) is 101 Å². The summed E-state index contributed by atoms with van der Waals surface area (Å²) in [6.45, 7) is 34.8. The predicted molar refractivity (Wildman–Crippen MR) is 181 cm³/mol. The minimum atomic E-state index is -0.925. The average Bonchev–Trinajstić information content (AvgIpc) is 2.85. The fourth-order valence-corrected chi connectivity index (χ4v) is 3.30. The molecule has 0 aromatic rings. The molecule has 264 valence electrons. The Morgan fingerprint density at radius 2 is 0.568 bits per heavy atom. The maximum absolute atomic E-state index is 10.0. The van der Waals surface area contributed by atoms with E-state index in [4.69, 9.17) is 0 Å². The van der Waals surface area contributed by atoms with E-state index >= 15 is 0 Å². The van der Waals surface area contributed by atoms with Gasteiger partial charge in [0, 0.05) is 17.9 Å². The molecule has 0 aromatic heterocycles. The third-order valence-corrected chi connectivity index (χ3v) is 5.42. The molecule has 0 unspecified atom stereocenters. The molecule has 6 nitrogen and oxygen atoms in total. The second-order valence-electron chi connectivity index (χ2n) is 13.5. The van der Waals surface area contributed by atoms with Gasteiger partial charge >= 0.3 is 34.1 Å². The SMILES string of the molecule is CC(C)(C)CCCCCC(=O)[O-].CC(C)(C)CCCCCC(=O)[O-].CC(C)(C)CCCCCC(=O)[O-].[Al+3].[CH2-]C.[CH2-]C.[CH2-]C.[Co+3]. The third-order valence-electron chi connectivity index (χ3n) is 5.42. The van der Waals surface area contributed by atoms with E-state index in [1.54, 1.807) is 20.8 Å². The molecule has 0 aliphatic carbocycles. The summed E-state index contributed by atoms with van der Waals surface area (Å²) >= 11 is 0. The summed E-state index contributed by atoms with van der Waals surface area (Å²) < 4.78 is 0. The number of unbranched alkanes of at least 4 members (excludes halogenated alkanes) is 6. The maximum atomic E-state index is 10.0. The van der Waals surface area contributed by atoms with Gasteiger partial charge in [-0.2, -0.15) is 20.8 Å². The topological polar surface area (TPSA) is 120 Å². The van der Waals surface area contributed by atoms with Crippen LogP contribution in [0.15, 0.2) is 0 Å². The van der Waals surface area contributed by atoms with Crippen molar-refractivity contribution in [3.05, 3.63) is 20.8 Å². The number of carboxylic acid groups (broad SMARTS) is 3. The Balaban J connectivity index is -0.0000000662. The molecule has 0 rings (SSSR count). The number of rotatable bonds is 15. The monoisotopic (exact) mass is 686 g/mol. The van der Waals surface area contributed by atoms with Crippen LogP contribution in [-0.4, -0.2) is 35.3 Å². The van der Waals surface area contributed by atoms with E-state index in [1.165, 1.54) is 19.3 Å². The van der Waals surface area contributed by atoms with Gasteiger partial charge in [0.15, 0.2) is 0 Å². The van der Waals surface area contributed by atoms with Gasteiger partial charge in [-0.05, 0) is 74.0 Å². The fourth-order valence-electron chi connectivity index (χ4n) is 3.30. The van der Waals surface area contributed by atoms with Gasteiger partial charge in [0.2, 0.25) is 0 Å². The molecule has 0 N–H and O–H groups in total. The average molecular weight is 687 g/mol. The van der Waals surface area contributed by atoms with E-state index in [9.17, 15) is 29.7 Å². The predicted octanol–water partition coefficient (Wildman–Crippen LogP) is 7.34. The summed E-state index contributed by atoms with van der Waals surface area (Å²) in [7, 11) is 0. The molecule has 0 amide bonds. The van der Waals surface area contributed by atoms with Crippen molar-refractivity contribution in [2.24, 2.45) is 16.2 Å². The van der Waals surface area contributed by atoms with Crippen LogP contribution in [0.2, 0.25) is 0 Å². The first kappa shape index (κ1) is 62.3. The molecule has 0 aliphatic heterocycles. The van der Waals surface area contributed by atoms with Crippen LogP contribution < -0.4 is 15.3 Å². The van der Waals surface area contributed by atoms with E-state index < -0.39 is 17.9 Å². The zero-order chi connectivity index (χ0) is 34.8. The molecular formula is C36H72AlCoO6. The van der Waals surface area contributed by atoms with Gasteiger partial charge in [-0.25, -0.2) is 0 Å². The Bertz CT molecular complexity index is 496. The Labute approximate surface area is 297 Å². The smallest absolute Gasteiger partial charge is 0.550 e. The van der Waals surface area contributed by atoms with Gasteiger partial charge in [0.05, 0.1) is 0 Å². The zero-order valence-corrected chi connectivity index (χ0v) is 33.3. The van der Waals surface area contributed by atoms with Gasteiger partial charge in [-0.3, -0.25) is 0 Å². The first-order valence-electron chi connectivity index (χ1n) is 16.0. The van der Waals surface area contributed by atoms with Gasteiger partial charge in [-0.15, -0.1) is 0 Å². The largest absolute Gasteiger partial charge is 3.00 e. The molecule has 0 radical (unpaired) electrons. The Kier molecular flexibility index (Phi) is 60.1. The maximum Gasteiger partial charge on any atom is 3.00 e. The number of carbonyl (C=O) groups excluding carboxylic acids is 3. The van der Waals surface area contributed by atoms with Crippen LogP contribution in [-0.2, 0) is 31.2 Å². The Hall–Kier alpha value is -0.551. The first-order valence-corrected chi connectivity index (χ1v) is 16.0. The number of aliphatic carboxylic acids is 3. The van der Waals surface area contributed by atoms with Crippen molar-refractivity contribution >= 4 is 35.3 Å². The molecule has 0 saturated carbocycles. The van der Waals surface area contributed by atoms with Crippen LogP contribution >= 0.6 is 0 Å². The number of hydrogen-bond donors (Lipinski definition) is 0. The molecule has 0 atom stereocenters. The fraction of sp³-hybridized carbons (Fsp3) is 0.833. The number of carbonyl (C=O) groups is 3. The van der Waals surface area contributed by atoms with Crippen molar-refractivity contribution < 1.29 is 46.5 Å². The summed E-state index contributed by atoms with van der Waals surface area (Å²) in [5.74, 6) is -2.78. The van der Waals surface area contributed by atoms with E-state index in [2.05, 4.69) is 83.1 Å². The van der Waals surface area contributed by atoms with Crippen LogP contribution in [0.5, 0.6) is 0 Å². The van der Waals surface area contributed by atoms with Crippen LogP contribution in [0.25, 0.3) is 0 Å². The van der Waals surface area contributed by atoms with Crippen LogP contribution in [0, 0.1) is 37.0 Å².